The van der Waals surface area contributed by atoms with E-state index in [1.165, 1.54) is 19.3 Å². The van der Waals surface area contributed by atoms with Crippen molar-refractivity contribution in [3.8, 4) is 0 Å². The molecule has 2 fully saturated rings. The second-order valence-electron chi connectivity index (χ2n) is 5.90. The van der Waals surface area contributed by atoms with Gasteiger partial charge in [-0.3, -0.25) is 4.79 Å². The minimum Gasteiger partial charge on any atom is -0.378 e. The smallest absolute Gasteiger partial charge is 0.239 e. The van der Waals surface area contributed by atoms with E-state index in [0.29, 0.717) is 24.5 Å². The summed E-state index contributed by atoms with van der Waals surface area (Å²) in [7, 11) is 0. The van der Waals surface area contributed by atoms with Gasteiger partial charge in [-0.05, 0) is 30.6 Å². The standard InChI is InChI=1S/C13H24N2O2/c1-10(2)7-13(3-4-13)9-15-12(16)11-8-17-6-5-14-11/h10-11,14H,3-9H2,1-2H3,(H,15,16). The first-order valence-electron chi connectivity index (χ1n) is 6.70. The molecule has 0 aromatic carbocycles. The summed E-state index contributed by atoms with van der Waals surface area (Å²) >= 11 is 0. The quantitative estimate of drug-likeness (QED) is 0.751. The first-order chi connectivity index (χ1) is 8.11. The molecule has 0 bridgehead atoms. The summed E-state index contributed by atoms with van der Waals surface area (Å²) in [5.74, 6) is 0.810. The van der Waals surface area contributed by atoms with Gasteiger partial charge in [0.15, 0.2) is 0 Å². The second-order valence-corrected chi connectivity index (χ2v) is 5.90. The van der Waals surface area contributed by atoms with Crippen LogP contribution in [-0.2, 0) is 9.53 Å². The number of nitrogens with one attached hydrogen (secondary N) is 2. The molecule has 1 saturated carbocycles. The van der Waals surface area contributed by atoms with Crippen LogP contribution in [0.25, 0.3) is 0 Å². The molecule has 1 saturated heterocycles. The Hall–Kier alpha value is -0.610. The van der Waals surface area contributed by atoms with Crippen LogP contribution in [0.2, 0.25) is 0 Å². The highest BCUT2D eigenvalue weighted by molar-refractivity contribution is 5.82. The van der Waals surface area contributed by atoms with E-state index in [-0.39, 0.29) is 11.9 Å². The van der Waals surface area contributed by atoms with E-state index in [1.54, 1.807) is 0 Å². The Kier molecular flexibility index (Phi) is 4.05. The van der Waals surface area contributed by atoms with Crippen molar-refractivity contribution < 1.29 is 9.53 Å². The first kappa shape index (κ1) is 12.8. The van der Waals surface area contributed by atoms with E-state index in [9.17, 15) is 4.79 Å². The largest absolute Gasteiger partial charge is 0.378 e. The molecular formula is C13H24N2O2. The Morgan fingerprint density at radius 3 is 2.82 bits per heavy atom. The highest BCUT2D eigenvalue weighted by atomic mass is 16.5. The van der Waals surface area contributed by atoms with Crippen molar-refractivity contribution in [1.29, 1.82) is 0 Å². The normalized spacial score (nSPS) is 26.9. The van der Waals surface area contributed by atoms with Gasteiger partial charge in [-0.25, -0.2) is 0 Å². The van der Waals surface area contributed by atoms with Crippen molar-refractivity contribution in [2.24, 2.45) is 11.3 Å². The topological polar surface area (TPSA) is 50.4 Å². The zero-order valence-electron chi connectivity index (χ0n) is 10.9. The average molecular weight is 240 g/mol. The number of ether oxygens (including phenoxy) is 1. The number of rotatable bonds is 5. The summed E-state index contributed by atoms with van der Waals surface area (Å²) in [5.41, 5.74) is 0.402. The fraction of sp³-hybridized carbons (Fsp3) is 0.923. The van der Waals surface area contributed by atoms with Gasteiger partial charge in [-0.15, -0.1) is 0 Å². The van der Waals surface area contributed by atoms with Crippen LogP contribution in [0.5, 0.6) is 0 Å². The number of carbonyl (C=O) groups excluding carboxylic acids is 1. The molecule has 2 N–H and O–H groups in total. The summed E-state index contributed by atoms with van der Waals surface area (Å²) in [5, 5.41) is 6.26. The highest BCUT2D eigenvalue weighted by Gasteiger charge is 2.43. The summed E-state index contributed by atoms with van der Waals surface area (Å²) < 4.78 is 5.29. The van der Waals surface area contributed by atoms with Crippen LogP contribution in [-0.4, -0.2) is 38.3 Å². The van der Waals surface area contributed by atoms with Gasteiger partial charge in [-0.1, -0.05) is 13.8 Å². The summed E-state index contributed by atoms with van der Waals surface area (Å²) in [6, 6.07) is -0.154. The van der Waals surface area contributed by atoms with Crippen LogP contribution in [0.1, 0.15) is 33.1 Å². The molecule has 4 heteroatoms. The van der Waals surface area contributed by atoms with E-state index < -0.39 is 0 Å². The molecule has 0 aromatic heterocycles. The Morgan fingerprint density at radius 1 is 1.53 bits per heavy atom. The molecule has 1 heterocycles. The lowest BCUT2D eigenvalue weighted by Gasteiger charge is -2.24. The highest BCUT2D eigenvalue weighted by Crippen LogP contribution is 2.49. The maximum Gasteiger partial charge on any atom is 0.239 e. The van der Waals surface area contributed by atoms with Crippen molar-refractivity contribution in [1.82, 2.24) is 10.6 Å². The van der Waals surface area contributed by atoms with E-state index in [1.807, 2.05) is 0 Å². The number of morpholine rings is 1. The lowest BCUT2D eigenvalue weighted by Crippen LogP contribution is -2.52. The van der Waals surface area contributed by atoms with E-state index >= 15 is 0 Å². The molecule has 1 aliphatic heterocycles. The summed E-state index contributed by atoms with van der Waals surface area (Å²) in [6.45, 7) is 7.32. The molecule has 0 radical (unpaired) electrons. The Labute approximate surface area is 103 Å². The number of carbonyl (C=O) groups is 1. The third kappa shape index (κ3) is 3.68. The average Bonchev–Trinajstić information content (AvgIpc) is 3.06. The fourth-order valence-corrected chi connectivity index (χ4v) is 2.63. The zero-order chi connectivity index (χ0) is 12.3. The van der Waals surface area contributed by atoms with Crippen LogP contribution in [0.15, 0.2) is 0 Å². The number of hydrogen-bond acceptors (Lipinski definition) is 3. The Balaban J connectivity index is 1.72. The Bertz CT molecular complexity index is 269. The molecule has 0 spiro atoms. The lowest BCUT2D eigenvalue weighted by atomic mass is 9.94. The van der Waals surface area contributed by atoms with Gasteiger partial charge in [0.1, 0.15) is 6.04 Å². The van der Waals surface area contributed by atoms with Gasteiger partial charge in [-0.2, -0.15) is 0 Å². The SMILES string of the molecule is CC(C)CC1(CNC(=O)C2COCCN2)CC1. The molecule has 1 unspecified atom stereocenters. The van der Waals surface area contributed by atoms with Crippen LogP contribution in [0.4, 0.5) is 0 Å². The molecule has 17 heavy (non-hydrogen) atoms. The first-order valence-corrected chi connectivity index (χ1v) is 6.70. The molecule has 98 valence electrons. The molecule has 1 aliphatic carbocycles. The van der Waals surface area contributed by atoms with Gasteiger partial charge in [0, 0.05) is 13.1 Å². The lowest BCUT2D eigenvalue weighted by molar-refractivity contribution is -0.126. The number of hydrogen-bond donors (Lipinski definition) is 2. The molecule has 1 atom stereocenters. The van der Waals surface area contributed by atoms with Crippen LogP contribution >= 0.6 is 0 Å². The van der Waals surface area contributed by atoms with Crippen molar-refractivity contribution in [2.75, 3.05) is 26.3 Å². The van der Waals surface area contributed by atoms with Gasteiger partial charge in [0.25, 0.3) is 0 Å². The second kappa shape index (κ2) is 5.36. The van der Waals surface area contributed by atoms with Gasteiger partial charge < -0.3 is 15.4 Å². The minimum atomic E-state index is -0.154. The maximum atomic E-state index is 11.9. The fourth-order valence-electron chi connectivity index (χ4n) is 2.63. The minimum absolute atomic E-state index is 0.0970. The molecule has 2 rings (SSSR count). The predicted octanol–water partition coefficient (Wildman–Crippen LogP) is 0.917. The van der Waals surface area contributed by atoms with Crippen molar-refractivity contribution in [3.05, 3.63) is 0 Å². The van der Waals surface area contributed by atoms with E-state index in [2.05, 4.69) is 24.5 Å². The molecule has 4 nitrogen and oxygen atoms in total. The molecule has 0 aromatic rings. The molecular weight excluding hydrogens is 216 g/mol. The van der Waals surface area contributed by atoms with Crippen LogP contribution < -0.4 is 10.6 Å². The van der Waals surface area contributed by atoms with Crippen molar-refractivity contribution in [3.63, 3.8) is 0 Å². The van der Waals surface area contributed by atoms with E-state index in [4.69, 9.17) is 4.74 Å². The van der Waals surface area contributed by atoms with Gasteiger partial charge in [0.2, 0.25) is 5.91 Å². The third-order valence-corrected chi connectivity index (χ3v) is 3.67. The molecule has 2 aliphatic rings. The number of amides is 1. The van der Waals surface area contributed by atoms with Crippen LogP contribution in [0.3, 0.4) is 0 Å². The Morgan fingerprint density at radius 2 is 2.29 bits per heavy atom. The van der Waals surface area contributed by atoms with Gasteiger partial charge >= 0.3 is 0 Å². The summed E-state index contributed by atoms with van der Waals surface area (Å²) in [6.07, 6.45) is 3.75. The van der Waals surface area contributed by atoms with Crippen molar-refractivity contribution in [2.45, 2.75) is 39.2 Å². The third-order valence-electron chi connectivity index (χ3n) is 3.67. The van der Waals surface area contributed by atoms with Crippen molar-refractivity contribution >= 4 is 5.91 Å². The molecule has 1 amide bonds. The predicted molar refractivity (Wildman–Crippen MR) is 66.7 cm³/mol. The monoisotopic (exact) mass is 240 g/mol. The van der Waals surface area contributed by atoms with Gasteiger partial charge in [0.05, 0.1) is 13.2 Å². The maximum absolute atomic E-state index is 11.9. The zero-order valence-corrected chi connectivity index (χ0v) is 10.9. The summed E-state index contributed by atoms with van der Waals surface area (Å²) in [4.78, 5) is 11.9. The van der Waals surface area contributed by atoms with Crippen LogP contribution in [0, 0.1) is 11.3 Å². The van der Waals surface area contributed by atoms with E-state index in [0.717, 1.165) is 13.1 Å².